The number of carbonyl (C=O) groups is 1. The molecule has 7 rings (SSSR count). The van der Waals surface area contributed by atoms with Gasteiger partial charge in [-0.15, -0.1) is 0 Å². The van der Waals surface area contributed by atoms with Crippen molar-refractivity contribution in [3.8, 4) is 0 Å². The van der Waals surface area contributed by atoms with Gasteiger partial charge in [0.1, 0.15) is 0 Å². The molecule has 1 aliphatic heterocycles. The van der Waals surface area contributed by atoms with Gasteiger partial charge in [0.25, 0.3) is 0 Å². The van der Waals surface area contributed by atoms with Crippen LogP contribution in [0.5, 0.6) is 0 Å². The van der Waals surface area contributed by atoms with Crippen LogP contribution in [0, 0.1) is 22.7 Å². The molecule has 1 saturated heterocycles. The van der Waals surface area contributed by atoms with Gasteiger partial charge < -0.3 is 10.6 Å². The summed E-state index contributed by atoms with van der Waals surface area (Å²) in [7, 11) is 0. The second-order valence-electron chi connectivity index (χ2n) is 11.0. The van der Waals surface area contributed by atoms with E-state index < -0.39 is 0 Å². The molecule has 0 spiro atoms. The molecule has 7 atom stereocenters. The summed E-state index contributed by atoms with van der Waals surface area (Å²) in [4.78, 5) is 13.7. The predicted octanol–water partition coefficient (Wildman–Crippen LogP) is 3.73. The molecule has 5 aliphatic carbocycles. The maximum absolute atomic E-state index is 14.4. The summed E-state index contributed by atoms with van der Waals surface area (Å²) in [6.07, 6.45) is 7.95. The van der Waals surface area contributed by atoms with E-state index >= 15 is 0 Å². The molecule has 1 amide bonds. The van der Waals surface area contributed by atoms with Crippen LogP contribution >= 0.6 is 0 Å². The second-order valence-corrected chi connectivity index (χ2v) is 11.0. The van der Waals surface area contributed by atoms with Gasteiger partial charge in [-0.1, -0.05) is 30.3 Å². The van der Waals surface area contributed by atoms with Crippen LogP contribution in [0.15, 0.2) is 30.3 Å². The Balaban J connectivity index is 1.34. The number of carbonyl (C=O) groups excluding carboxylic acids is 1. The van der Waals surface area contributed by atoms with E-state index in [0.717, 1.165) is 57.4 Å². The third-order valence-electron chi connectivity index (χ3n) is 8.98. The van der Waals surface area contributed by atoms with E-state index in [-0.39, 0.29) is 34.9 Å². The van der Waals surface area contributed by atoms with Gasteiger partial charge in [0.15, 0.2) is 0 Å². The number of amides is 1. The maximum atomic E-state index is 14.4. The van der Waals surface area contributed by atoms with Gasteiger partial charge in [-0.25, -0.2) is 0 Å². The molecule has 150 valence electrons. The fourth-order valence-corrected chi connectivity index (χ4v) is 8.49. The van der Waals surface area contributed by atoms with Crippen molar-refractivity contribution in [1.29, 1.82) is 0 Å². The van der Waals surface area contributed by atoms with Crippen molar-refractivity contribution < 1.29 is 9.18 Å². The minimum Gasteiger partial charge on any atom is -0.351 e. The van der Waals surface area contributed by atoms with E-state index in [1.807, 2.05) is 0 Å². The highest BCUT2D eigenvalue weighted by atomic mass is 19.1. The van der Waals surface area contributed by atoms with Crippen molar-refractivity contribution in [1.82, 2.24) is 10.6 Å². The smallest absolute Gasteiger partial charge is 0.226 e. The highest BCUT2D eigenvalue weighted by Crippen LogP contribution is 2.70. The summed E-state index contributed by atoms with van der Waals surface area (Å²) in [5, 5.41) is 7.02. The summed E-state index contributed by atoms with van der Waals surface area (Å²) in [6.45, 7) is 0.829. The number of halogens is 1. The van der Waals surface area contributed by atoms with Crippen molar-refractivity contribution in [3.05, 3.63) is 35.9 Å². The molecule has 5 saturated carbocycles. The van der Waals surface area contributed by atoms with Crippen LogP contribution < -0.4 is 10.6 Å². The zero-order valence-corrected chi connectivity index (χ0v) is 16.6. The number of nitrogens with one attached hydrogen (secondary N) is 2. The molecular formula is C24H31FN2O. The third kappa shape index (κ3) is 2.39. The first-order chi connectivity index (χ1) is 13.5. The average Bonchev–Trinajstić information content (AvgIpc) is 3.31. The van der Waals surface area contributed by atoms with Gasteiger partial charge in [0, 0.05) is 17.5 Å². The molecule has 28 heavy (non-hydrogen) atoms. The second kappa shape index (κ2) is 5.81. The van der Waals surface area contributed by atoms with Gasteiger partial charge in [0.2, 0.25) is 5.91 Å². The number of hydrogen-bond donors (Lipinski definition) is 2. The summed E-state index contributed by atoms with van der Waals surface area (Å²) >= 11 is 0. The maximum Gasteiger partial charge on any atom is 0.226 e. The van der Waals surface area contributed by atoms with Crippen molar-refractivity contribution in [2.75, 3.05) is 13.2 Å². The Bertz CT molecular complexity index is 799. The molecule has 1 aromatic rings. The molecular weight excluding hydrogens is 351 g/mol. The normalized spacial score (nSPS) is 48.2. The lowest BCUT2D eigenvalue weighted by Crippen LogP contribution is -2.64. The third-order valence-corrected chi connectivity index (χ3v) is 8.98. The van der Waals surface area contributed by atoms with Gasteiger partial charge in [-0.3, -0.25) is 9.18 Å². The Hall–Kier alpha value is -1.42. The molecule has 4 heteroatoms. The molecule has 6 unspecified atom stereocenters. The largest absolute Gasteiger partial charge is 0.351 e. The molecule has 3 nitrogen and oxygen atoms in total. The molecule has 6 aliphatic rings. The highest BCUT2D eigenvalue weighted by Gasteiger charge is 2.66. The van der Waals surface area contributed by atoms with Gasteiger partial charge in [-0.05, 0) is 80.7 Å². The van der Waals surface area contributed by atoms with Crippen LogP contribution in [0.3, 0.4) is 0 Å². The lowest BCUT2D eigenvalue weighted by atomic mass is 9.38. The number of fused-ring (bicyclic) bond motifs is 2. The van der Waals surface area contributed by atoms with Crippen molar-refractivity contribution >= 4 is 5.91 Å². The quantitative estimate of drug-likeness (QED) is 0.833. The molecule has 0 radical (unpaired) electrons. The van der Waals surface area contributed by atoms with Crippen LogP contribution in [0.4, 0.5) is 4.39 Å². The van der Waals surface area contributed by atoms with Crippen molar-refractivity contribution in [3.63, 3.8) is 0 Å². The van der Waals surface area contributed by atoms with E-state index in [9.17, 15) is 9.18 Å². The summed E-state index contributed by atoms with van der Waals surface area (Å²) in [6, 6.07) is 11.4. The van der Waals surface area contributed by atoms with E-state index in [1.165, 1.54) is 12.0 Å². The molecule has 6 fully saturated rings. The lowest BCUT2D eigenvalue weighted by molar-refractivity contribution is -0.165. The molecule has 1 aromatic carbocycles. The SMILES string of the molecule is O=C(NC1CC2CNC1C2)C12CC3CC(CF)(C1)C[C@](c1ccccc1)(C3)C2. The molecule has 2 N–H and O–H groups in total. The van der Waals surface area contributed by atoms with Crippen LogP contribution in [0.2, 0.25) is 0 Å². The Kier molecular flexibility index (Phi) is 3.62. The van der Waals surface area contributed by atoms with Crippen LogP contribution in [0.25, 0.3) is 0 Å². The Morgan fingerprint density at radius 2 is 1.93 bits per heavy atom. The minimum atomic E-state index is -0.372. The predicted molar refractivity (Wildman–Crippen MR) is 107 cm³/mol. The Morgan fingerprint density at radius 1 is 1.07 bits per heavy atom. The zero-order chi connectivity index (χ0) is 19.0. The topological polar surface area (TPSA) is 41.1 Å². The molecule has 1 heterocycles. The fourth-order valence-electron chi connectivity index (χ4n) is 8.49. The highest BCUT2D eigenvalue weighted by molar-refractivity contribution is 5.84. The monoisotopic (exact) mass is 382 g/mol. The number of alkyl halides is 1. The van der Waals surface area contributed by atoms with E-state index in [4.69, 9.17) is 0 Å². The minimum absolute atomic E-state index is 0.0168. The first-order valence-corrected chi connectivity index (χ1v) is 11.2. The summed E-state index contributed by atoms with van der Waals surface area (Å²) < 4.78 is 14.4. The summed E-state index contributed by atoms with van der Waals surface area (Å²) in [5.41, 5.74) is 0.649. The number of piperidine rings is 1. The summed E-state index contributed by atoms with van der Waals surface area (Å²) in [5.74, 6) is 1.43. The van der Waals surface area contributed by atoms with Gasteiger partial charge >= 0.3 is 0 Å². The molecule has 6 bridgehead atoms. The van der Waals surface area contributed by atoms with Crippen LogP contribution in [0.1, 0.15) is 56.9 Å². The van der Waals surface area contributed by atoms with Crippen molar-refractivity contribution in [2.45, 2.75) is 68.9 Å². The van der Waals surface area contributed by atoms with Crippen molar-refractivity contribution in [2.24, 2.45) is 22.7 Å². The van der Waals surface area contributed by atoms with E-state index in [0.29, 0.717) is 12.0 Å². The van der Waals surface area contributed by atoms with E-state index in [1.54, 1.807) is 0 Å². The van der Waals surface area contributed by atoms with Gasteiger partial charge in [-0.2, -0.15) is 0 Å². The lowest BCUT2D eigenvalue weighted by Gasteiger charge is -2.65. The standard InChI is InChI=1S/C24H31FN2O/c25-15-22-8-17-9-23(12-22,18-4-2-1-3-5-18)14-24(10-17,13-22)21(28)27-20-7-16-6-19(20)26-11-16/h1-5,16-17,19-20,26H,6-15H2,(H,27,28)/t16?,17?,19?,20?,22?,23-,24?/m1/s1. The zero-order valence-electron chi connectivity index (χ0n) is 16.6. The van der Waals surface area contributed by atoms with Gasteiger partial charge in [0.05, 0.1) is 12.1 Å². The number of hydrogen-bond acceptors (Lipinski definition) is 2. The first kappa shape index (κ1) is 17.4. The Morgan fingerprint density at radius 3 is 2.64 bits per heavy atom. The van der Waals surface area contributed by atoms with E-state index in [2.05, 4.69) is 41.0 Å². The first-order valence-electron chi connectivity index (χ1n) is 11.2. The number of rotatable bonds is 4. The Labute approximate surface area is 166 Å². The average molecular weight is 383 g/mol. The van der Waals surface area contributed by atoms with Crippen LogP contribution in [-0.4, -0.2) is 31.2 Å². The number of benzene rings is 1. The molecule has 0 aromatic heterocycles. The fraction of sp³-hybridized carbons (Fsp3) is 0.708. The van der Waals surface area contributed by atoms with Crippen LogP contribution in [-0.2, 0) is 10.2 Å².